The first-order valence-electron chi connectivity index (χ1n) is 11.5. The van der Waals surface area contributed by atoms with Gasteiger partial charge in [-0.3, -0.25) is 14.7 Å². The molecule has 166 valence electrons. The van der Waals surface area contributed by atoms with E-state index in [2.05, 4.69) is 16.3 Å². The van der Waals surface area contributed by atoms with Crippen LogP contribution in [0.2, 0.25) is 0 Å². The molecule has 3 heterocycles. The molecule has 1 N–H and O–H groups in total. The molecular formula is C24H32N4O3. The second-order valence-electron chi connectivity index (χ2n) is 8.34. The topological polar surface area (TPSA) is 78.5 Å². The number of amides is 2. The third-order valence-electron chi connectivity index (χ3n) is 6.43. The van der Waals surface area contributed by atoms with Crippen molar-refractivity contribution >= 4 is 11.8 Å². The lowest BCUT2D eigenvalue weighted by Gasteiger charge is -2.36. The number of rotatable bonds is 6. The van der Waals surface area contributed by atoms with Crippen molar-refractivity contribution in [3.63, 3.8) is 0 Å². The third-order valence-corrected chi connectivity index (χ3v) is 6.43. The predicted octanol–water partition coefficient (Wildman–Crippen LogP) is 3.51. The lowest BCUT2D eigenvalue weighted by Crippen LogP contribution is -2.40. The zero-order chi connectivity index (χ0) is 21.8. The average Bonchev–Trinajstić information content (AvgIpc) is 3.29. The summed E-state index contributed by atoms with van der Waals surface area (Å²) in [5.74, 6) is 1.01. The smallest absolute Gasteiger partial charge is 0.257 e. The highest BCUT2D eigenvalue weighted by Crippen LogP contribution is 2.33. The first-order valence-corrected chi connectivity index (χ1v) is 11.5. The van der Waals surface area contributed by atoms with Gasteiger partial charge in [0.15, 0.2) is 0 Å². The van der Waals surface area contributed by atoms with E-state index in [0.29, 0.717) is 31.6 Å². The van der Waals surface area contributed by atoms with Gasteiger partial charge in [-0.05, 0) is 63.1 Å². The number of ether oxygens (including phenoxy) is 1. The van der Waals surface area contributed by atoms with Crippen LogP contribution < -0.4 is 4.74 Å². The van der Waals surface area contributed by atoms with Crippen LogP contribution in [0.25, 0.3) is 0 Å². The Hall–Kier alpha value is -2.83. The fourth-order valence-electron chi connectivity index (χ4n) is 4.73. The van der Waals surface area contributed by atoms with Gasteiger partial charge in [-0.25, -0.2) is 0 Å². The summed E-state index contributed by atoms with van der Waals surface area (Å²) < 4.78 is 5.70. The number of nitrogens with one attached hydrogen (secondary N) is 1. The van der Waals surface area contributed by atoms with E-state index in [1.165, 1.54) is 5.56 Å². The maximum Gasteiger partial charge on any atom is 0.257 e. The Morgan fingerprint density at radius 1 is 1.23 bits per heavy atom. The first-order chi connectivity index (χ1) is 15.1. The highest BCUT2D eigenvalue weighted by atomic mass is 16.5. The molecular weight excluding hydrogens is 392 g/mol. The summed E-state index contributed by atoms with van der Waals surface area (Å²) in [6, 6.07) is 5.95. The summed E-state index contributed by atoms with van der Waals surface area (Å²) in [6.45, 7) is 6.71. The van der Waals surface area contributed by atoms with Gasteiger partial charge in [-0.15, -0.1) is 0 Å². The molecule has 1 saturated heterocycles. The average molecular weight is 425 g/mol. The fourth-order valence-corrected chi connectivity index (χ4v) is 4.73. The second kappa shape index (κ2) is 9.54. The molecule has 1 fully saturated rings. The van der Waals surface area contributed by atoms with Crippen molar-refractivity contribution in [1.82, 2.24) is 20.0 Å². The van der Waals surface area contributed by atoms with E-state index in [0.717, 1.165) is 55.7 Å². The molecule has 1 unspecified atom stereocenters. The van der Waals surface area contributed by atoms with Crippen LogP contribution in [-0.4, -0.2) is 58.1 Å². The van der Waals surface area contributed by atoms with Crippen LogP contribution in [-0.2, 0) is 17.6 Å². The third kappa shape index (κ3) is 4.45. The molecule has 7 nitrogen and oxygen atoms in total. The number of aryl methyl sites for hydroxylation is 1. The number of hydrogen-bond donors (Lipinski definition) is 1. The number of benzene rings is 1. The van der Waals surface area contributed by atoms with Crippen molar-refractivity contribution < 1.29 is 14.3 Å². The van der Waals surface area contributed by atoms with Gasteiger partial charge >= 0.3 is 0 Å². The van der Waals surface area contributed by atoms with Gasteiger partial charge in [0.1, 0.15) is 5.75 Å². The maximum absolute atomic E-state index is 13.3. The quantitative estimate of drug-likeness (QED) is 0.770. The minimum absolute atomic E-state index is 0.0265. The van der Waals surface area contributed by atoms with Crippen molar-refractivity contribution in [3.05, 3.63) is 46.8 Å². The standard InChI is InChI=1S/C24H32N4O3/c1-3-27(4-2)24(30)19-16-25-26-23(19)20-9-5-6-12-28(20)22(29)15-17-10-11-21-18(14-17)8-7-13-31-21/h10-11,14,16,20H,3-9,12-13,15H2,1-2H3,(H,25,26). The van der Waals surface area contributed by atoms with Gasteiger partial charge in [0.05, 0.1) is 36.5 Å². The van der Waals surface area contributed by atoms with Gasteiger partial charge in [0, 0.05) is 19.6 Å². The lowest BCUT2D eigenvalue weighted by atomic mass is 9.95. The number of carbonyl (C=O) groups is 2. The molecule has 2 aromatic rings. The highest BCUT2D eigenvalue weighted by Gasteiger charge is 2.33. The molecule has 0 bridgehead atoms. The highest BCUT2D eigenvalue weighted by molar-refractivity contribution is 5.95. The van der Waals surface area contributed by atoms with Crippen molar-refractivity contribution in [2.75, 3.05) is 26.2 Å². The van der Waals surface area contributed by atoms with E-state index in [4.69, 9.17) is 4.74 Å². The Morgan fingerprint density at radius 2 is 2.06 bits per heavy atom. The number of hydrogen-bond acceptors (Lipinski definition) is 4. The molecule has 4 rings (SSSR count). The zero-order valence-electron chi connectivity index (χ0n) is 18.5. The van der Waals surface area contributed by atoms with Crippen LogP contribution >= 0.6 is 0 Å². The molecule has 7 heteroatoms. The molecule has 1 atom stereocenters. The summed E-state index contributed by atoms with van der Waals surface area (Å²) in [7, 11) is 0. The van der Waals surface area contributed by atoms with E-state index in [-0.39, 0.29) is 17.9 Å². The van der Waals surface area contributed by atoms with Crippen molar-refractivity contribution in [3.8, 4) is 5.75 Å². The molecule has 2 aliphatic heterocycles. The van der Waals surface area contributed by atoms with Crippen molar-refractivity contribution in [2.24, 2.45) is 0 Å². The van der Waals surface area contributed by atoms with E-state index in [9.17, 15) is 9.59 Å². The molecule has 1 aromatic carbocycles. The Bertz CT molecular complexity index is 935. The summed E-state index contributed by atoms with van der Waals surface area (Å²) in [6.07, 6.45) is 6.82. The largest absolute Gasteiger partial charge is 0.493 e. The summed E-state index contributed by atoms with van der Waals surface area (Å²) in [5.41, 5.74) is 3.55. The summed E-state index contributed by atoms with van der Waals surface area (Å²) in [5, 5.41) is 7.21. The normalized spacial score (nSPS) is 18.3. The van der Waals surface area contributed by atoms with Crippen LogP contribution in [0.4, 0.5) is 0 Å². The molecule has 2 aliphatic rings. The summed E-state index contributed by atoms with van der Waals surface area (Å²) in [4.78, 5) is 30.0. The van der Waals surface area contributed by atoms with Crippen LogP contribution in [0.5, 0.6) is 5.75 Å². The number of piperidine rings is 1. The van der Waals surface area contributed by atoms with Crippen LogP contribution in [0.15, 0.2) is 24.4 Å². The van der Waals surface area contributed by atoms with Gasteiger partial charge in [-0.2, -0.15) is 5.10 Å². The molecule has 31 heavy (non-hydrogen) atoms. The molecule has 0 aliphatic carbocycles. The zero-order valence-corrected chi connectivity index (χ0v) is 18.5. The predicted molar refractivity (Wildman–Crippen MR) is 118 cm³/mol. The second-order valence-corrected chi connectivity index (χ2v) is 8.34. The van der Waals surface area contributed by atoms with Gasteiger partial charge < -0.3 is 14.5 Å². The molecule has 1 aromatic heterocycles. The number of likely N-dealkylation sites (tertiary alicyclic amines) is 1. The molecule has 2 amide bonds. The molecule has 0 saturated carbocycles. The number of fused-ring (bicyclic) bond motifs is 1. The van der Waals surface area contributed by atoms with Crippen LogP contribution in [0.3, 0.4) is 0 Å². The Morgan fingerprint density at radius 3 is 2.87 bits per heavy atom. The monoisotopic (exact) mass is 424 g/mol. The van der Waals surface area contributed by atoms with Crippen molar-refractivity contribution in [1.29, 1.82) is 0 Å². The van der Waals surface area contributed by atoms with Gasteiger partial charge in [0.2, 0.25) is 5.91 Å². The molecule has 0 spiro atoms. The van der Waals surface area contributed by atoms with Gasteiger partial charge in [-0.1, -0.05) is 12.1 Å². The first kappa shape index (κ1) is 21.4. The van der Waals surface area contributed by atoms with Crippen LogP contribution in [0, 0.1) is 0 Å². The fraction of sp³-hybridized carbons (Fsp3) is 0.542. The number of aromatic nitrogens is 2. The van der Waals surface area contributed by atoms with E-state index in [1.807, 2.05) is 30.9 Å². The number of H-pyrrole nitrogens is 1. The number of nitrogens with zero attached hydrogens (tertiary/aromatic N) is 3. The van der Waals surface area contributed by atoms with E-state index >= 15 is 0 Å². The van der Waals surface area contributed by atoms with E-state index in [1.54, 1.807) is 11.1 Å². The van der Waals surface area contributed by atoms with E-state index < -0.39 is 0 Å². The summed E-state index contributed by atoms with van der Waals surface area (Å²) >= 11 is 0. The lowest BCUT2D eigenvalue weighted by molar-refractivity contribution is -0.134. The SMILES string of the molecule is CCN(CC)C(=O)c1cn[nH]c1C1CCCCN1C(=O)Cc1ccc2c(c1)CCCO2. The molecule has 0 radical (unpaired) electrons. The number of carbonyl (C=O) groups excluding carboxylic acids is 2. The Balaban J connectivity index is 1.54. The maximum atomic E-state index is 13.3. The Labute approximate surface area is 183 Å². The van der Waals surface area contributed by atoms with Crippen LogP contribution in [0.1, 0.15) is 72.8 Å². The minimum atomic E-state index is -0.140. The van der Waals surface area contributed by atoms with Crippen molar-refractivity contribution in [2.45, 2.75) is 58.4 Å². The minimum Gasteiger partial charge on any atom is -0.493 e. The number of aromatic amines is 1. The van der Waals surface area contributed by atoms with Gasteiger partial charge in [0.25, 0.3) is 5.91 Å². The Kier molecular flexibility index (Phi) is 6.59.